The van der Waals surface area contributed by atoms with Gasteiger partial charge in [-0.2, -0.15) is 4.98 Å². The second-order valence-corrected chi connectivity index (χ2v) is 5.85. The van der Waals surface area contributed by atoms with E-state index in [0.29, 0.717) is 17.3 Å². The van der Waals surface area contributed by atoms with Crippen LogP contribution in [0.4, 0.5) is 4.39 Å². The van der Waals surface area contributed by atoms with Crippen molar-refractivity contribution in [3.63, 3.8) is 0 Å². The van der Waals surface area contributed by atoms with Gasteiger partial charge in [0.25, 0.3) is 0 Å². The van der Waals surface area contributed by atoms with Gasteiger partial charge in [0.05, 0.1) is 13.1 Å². The molecule has 1 heterocycles. The van der Waals surface area contributed by atoms with Gasteiger partial charge in [-0.25, -0.2) is 4.39 Å². The van der Waals surface area contributed by atoms with Gasteiger partial charge in [-0.1, -0.05) is 47.1 Å². The summed E-state index contributed by atoms with van der Waals surface area (Å²) in [6.45, 7) is 2.47. The standard InChI is InChI=1S/C19H19FN4O2/c1-13-5-4-7-14(9-13)19-23-18(26-24-19)12-21-11-17(25)22-10-15-6-2-3-8-16(15)20/h2-9,21H,10-12H2,1H3,(H,22,25). The zero-order valence-corrected chi connectivity index (χ0v) is 14.3. The van der Waals surface area contributed by atoms with Crippen LogP contribution >= 0.6 is 0 Å². The Bertz CT molecular complexity index is 895. The van der Waals surface area contributed by atoms with Crippen LogP contribution in [0.2, 0.25) is 0 Å². The molecule has 0 unspecified atom stereocenters. The lowest BCUT2D eigenvalue weighted by Crippen LogP contribution is -2.33. The Morgan fingerprint density at radius 3 is 2.81 bits per heavy atom. The number of hydrogen-bond donors (Lipinski definition) is 2. The first-order valence-corrected chi connectivity index (χ1v) is 8.22. The van der Waals surface area contributed by atoms with Crippen molar-refractivity contribution in [2.75, 3.05) is 6.54 Å². The predicted octanol–water partition coefficient (Wildman–Crippen LogP) is 2.59. The minimum absolute atomic E-state index is 0.0661. The molecule has 26 heavy (non-hydrogen) atoms. The average molecular weight is 354 g/mol. The van der Waals surface area contributed by atoms with Crippen molar-refractivity contribution in [3.05, 3.63) is 71.4 Å². The van der Waals surface area contributed by atoms with Crippen molar-refractivity contribution in [2.45, 2.75) is 20.0 Å². The van der Waals surface area contributed by atoms with E-state index in [2.05, 4.69) is 20.8 Å². The van der Waals surface area contributed by atoms with E-state index in [4.69, 9.17) is 4.52 Å². The van der Waals surface area contributed by atoms with Gasteiger partial charge in [-0.05, 0) is 19.1 Å². The van der Waals surface area contributed by atoms with E-state index in [0.717, 1.165) is 11.1 Å². The molecule has 2 aromatic carbocycles. The highest BCUT2D eigenvalue weighted by Gasteiger charge is 2.09. The maximum atomic E-state index is 13.5. The molecule has 0 spiro atoms. The van der Waals surface area contributed by atoms with E-state index in [1.54, 1.807) is 18.2 Å². The van der Waals surface area contributed by atoms with Crippen molar-refractivity contribution >= 4 is 5.91 Å². The van der Waals surface area contributed by atoms with Gasteiger partial charge in [0.1, 0.15) is 5.82 Å². The molecule has 6 nitrogen and oxygen atoms in total. The van der Waals surface area contributed by atoms with E-state index >= 15 is 0 Å². The molecule has 0 radical (unpaired) electrons. The van der Waals surface area contributed by atoms with Crippen molar-refractivity contribution in [1.82, 2.24) is 20.8 Å². The summed E-state index contributed by atoms with van der Waals surface area (Å²) >= 11 is 0. The van der Waals surface area contributed by atoms with Gasteiger partial charge < -0.3 is 9.84 Å². The van der Waals surface area contributed by atoms with E-state index < -0.39 is 0 Å². The third kappa shape index (κ3) is 4.73. The van der Waals surface area contributed by atoms with Crippen LogP contribution in [0, 0.1) is 12.7 Å². The molecule has 7 heteroatoms. The van der Waals surface area contributed by atoms with Crippen LogP contribution in [0.3, 0.4) is 0 Å². The zero-order chi connectivity index (χ0) is 18.4. The second kappa shape index (κ2) is 8.35. The molecular formula is C19H19FN4O2. The topological polar surface area (TPSA) is 80.0 Å². The fourth-order valence-electron chi connectivity index (χ4n) is 2.41. The Hall–Kier alpha value is -3.06. The number of nitrogens with one attached hydrogen (secondary N) is 2. The maximum Gasteiger partial charge on any atom is 0.240 e. The number of benzene rings is 2. The smallest absolute Gasteiger partial charge is 0.240 e. The van der Waals surface area contributed by atoms with Gasteiger partial charge in [0.15, 0.2) is 0 Å². The lowest BCUT2D eigenvalue weighted by atomic mass is 10.1. The Kier molecular flexibility index (Phi) is 5.70. The highest BCUT2D eigenvalue weighted by molar-refractivity contribution is 5.77. The molecule has 0 atom stereocenters. The van der Waals surface area contributed by atoms with Crippen molar-refractivity contribution in [2.24, 2.45) is 0 Å². The number of rotatable bonds is 7. The highest BCUT2D eigenvalue weighted by Crippen LogP contribution is 2.16. The Labute approximate surface area is 150 Å². The summed E-state index contributed by atoms with van der Waals surface area (Å²) in [6, 6.07) is 14.1. The first kappa shape index (κ1) is 17.8. The number of amides is 1. The van der Waals surface area contributed by atoms with Crippen LogP contribution in [0.1, 0.15) is 17.0 Å². The van der Waals surface area contributed by atoms with E-state index in [9.17, 15) is 9.18 Å². The molecule has 1 aromatic heterocycles. The van der Waals surface area contributed by atoms with Gasteiger partial charge in [0.2, 0.25) is 17.6 Å². The Morgan fingerprint density at radius 2 is 2.00 bits per heavy atom. The Morgan fingerprint density at radius 1 is 1.15 bits per heavy atom. The molecule has 1 amide bonds. The first-order valence-electron chi connectivity index (χ1n) is 8.22. The lowest BCUT2D eigenvalue weighted by Gasteiger charge is -2.06. The molecule has 3 aromatic rings. The van der Waals surface area contributed by atoms with Crippen molar-refractivity contribution in [1.29, 1.82) is 0 Å². The minimum Gasteiger partial charge on any atom is -0.351 e. The van der Waals surface area contributed by atoms with Crippen LogP contribution in [-0.4, -0.2) is 22.6 Å². The molecule has 2 N–H and O–H groups in total. The zero-order valence-electron chi connectivity index (χ0n) is 14.3. The molecule has 134 valence electrons. The molecule has 0 bridgehead atoms. The highest BCUT2D eigenvalue weighted by atomic mass is 19.1. The monoisotopic (exact) mass is 354 g/mol. The third-order valence-corrected chi connectivity index (χ3v) is 3.74. The van der Waals surface area contributed by atoms with Gasteiger partial charge in [-0.15, -0.1) is 0 Å². The van der Waals surface area contributed by atoms with E-state index in [1.807, 2.05) is 31.2 Å². The molecular weight excluding hydrogens is 335 g/mol. The van der Waals surface area contributed by atoms with Crippen LogP contribution in [0.5, 0.6) is 0 Å². The second-order valence-electron chi connectivity index (χ2n) is 5.85. The van der Waals surface area contributed by atoms with Gasteiger partial charge >= 0.3 is 0 Å². The number of aromatic nitrogens is 2. The Balaban J connectivity index is 1.45. The largest absolute Gasteiger partial charge is 0.351 e. The molecule has 0 aliphatic rings. The normalized spacial score (nSPS) is 10.7. The summed E-state index contributed by atoms with van der Waals surface area (Å²) in [4.78, 5) is 16.1. The number of carbonyl (C=O) groups excluding carboxylic acids is 1. The molecule has 0 aliphatic heterocycles. The number of nitrogens with zero attached hydrogens (tertiary/aromatic N) is 2. The summed E-state index contributed by atoms with van der Waals surface area (Å²) in [7, 11) is 0. The summed E-state index contributed by atoms with van der Waals surface area (Å²) in [5, 5.41) is 9.52. The van der Waals surface area contributed by atoms with E-state index in [1.165, 1.54) is 6.07 Å². The van der Waals surface area contributed by atoms with Crippen LogP contribution in [0.15, 0.2) is 53.1 Å². The predicted molar refractivity (Wildman–Crippen MR) is 94.4 cm³/mol. The summed E-state index contributed by atoms with van der Waals surface area (Å²) in [5.74, 6) is 0.319. The van der Waals surface area contributed by atoms with Crippen molar-refractivity contribution in [3.8, 4) is 11.4 Å². The summed E-state index contributed by atoms with van der Waals surface area (Å²) in [6.07, 6.45) is 0. The minimum atomic E-state index is -0.338. The molecule has 0 saturated heterocycles. The van der Waals surface area contributed by atoms with Gasteiger partial charge in [0, 0.05) is 17.7 Å². The lowest BCUT2D eigenvalue weighted by molar-refractivity contribution is -0.120. The number of carbonyl (C=O) groups is 1. The summed E-state index contributed by atoms with van der Waals surface area (Å²) in [5.41, 5.74) is 2.43. The fourth-order valence-corrected chi connectivity index (χ4v) is 2.41. The van der Waals surface area contributed by atoms with E-state index in [-0.39, 0.29) is 31.4 Å². The average Bonchev–Trinajstić information content (AvgIpc) is 3.10. The SMILES string of the molecule is Cc1cccc(-c2noc(CNCC(=O)NCc3ccccc3F)n2)c1. The first-order chi connectivity index (χ1) is 12.6. The number of aryl methyl sites for hydroxylation is 1. The number of hydrogen-bond acceptors (Lipinski definition) is 5. The van der Waals surface area contributed by atoms with Crippen LogP contribution in [0.25, 0.3) is 11.4 Å². The van der Waals surface area contributed by atoms with Crippen LogP contribution < -0.4 is 10.6 Å². The molecule has 0 saturated carbocycles. The molecule has 0 fully saturated rings. The summed E-state index contributed by atoms with van der Waals surface area (Å²) < 4.78 is 18.7. The fraction of sp³-hybridized carbons (Fsp3) is 0.211. The molecule has 0 aliphatic carbocycles. The quantitative estimate of drug-likeness (QED) is 0.682. The third-order valence-electron chi connectivity index (χ3n) is 3.74. The van der Waals surface area contributed by atoms with Crippen molar-refractivity contribution < 1.29 is 13.7 Å². The van der Waals surface area contributed by atoms with Crippen LogP contribution in [-0.2, 0) is 17.9 Å². The number of halogens is 1. The molecule has 3 rings (SSSR count). The van der Waals surface area contributed by atoms with Gasteiger partial charge in [-0.3, -0.25) is 10.1 Å². The maximum absolute atomic E-state index is 13.5.